The molecule has 2 rings (SSSR count). The average molecular weight is 346 g/mol. The van der Waals surface area contributed by atoms with Gasteiger partial charge < -0.3 is 0 Å². The summed E-state index contributed by atoms with van der Waals surface area (Å²) in [6.07, 6.45) is 1.57. The van der Waals surface area contributed by atoms with Gasteiger partial charge in [0.1, 0.15) is 11.4 Å². The van der Waals surface area contributed by atoms with Gasteiger partial charge in [-0.25, -0.2) is 4.68 Å². The van der Waals surface area contributed by atoms with Crippen LogP contribution in [0.1, 0.15) is 16.2 Å². The van der Waals surface area contributed by atoms with E-state index in [9.17, 15) is 4.79 Å². The summed E-state index contributed by atoms with van der Waals surface area (Å²) in [7, 11) is 1.65. The van der Waals surface area contributed by atoms with E-state index < -0.39 is 0 Å². The molecule has 0 amide bonds. The molecule has 0 spiro atoms. The fraction of sp³-hybridized carbons (Fsp3) is 0.111. The molecule has 0 saturated carbocycles. The Kier molecular flexibility index (Phi) is 3.15. The number of rotatable bonds is 2. The lowest BCUT2D eigenvalue weighted by molar-refractivity contribution is 0.102. The Labute approximate surface area is 108 Å². The fourth-order valence-electron chi connectivity index (χ4n) is 1.24. The second-order valence-corrected chi connectivity index (χ2v) is 4.62. The molecule has 0 bridgehead atoms. The topological polar surface area (TPSA) is 60.7 Å². The highest BCUT2D eigenvalue weighted by Crippen LogP contribution is 2.20. The molecular formula is C9H6Br2N4O. The molecular weight excluding hydrogens is 340 g/mol. The van der Waals surface area contributed by atoms with E-state index >= 15 is 0 Å². The maximum Gasteiger partial charge on any atom is 0.233 e. The Hall–Kier alpha value is -1.08. The number of pyridine rings is 1. The zero-order valence-electron chi connectivity index (χ0n) is 8.19. The fourth-order valence-corrected chi connectivity index (χ4v) is 2.18. The van der Waals surface area contributed by atoms with Gasteiger partial charge in [0.2, 0.25) is 5.78 Å². The lowest BCUT2D eigenvalue weighted by Crippen LogP contribution is -2.11. The van der Waals surface area contributed by atoms with Crippen LogP contribution in [0.5, 0.6) is 0 Å². The highest BCUT2D eigenvalue weighted by atomic mass is 79.9. The minimum atomic E-state index is -0.230. The van der Waals surface area contributed by atoms with Crippen molar-refractivity contribution < 1.29 is 4.79 Å². The number of aromatic nitrogens is 4. The van der Waals surface area contributed by atoms with E-state index in [1.807, 2.05) is 0 Å². The Balaban J connectivity index is 2.52. The summed E-state index contributed by atoms with van der Waals surface area (Å²) in [5.74, 6) is -0.230. The van der Waals surface area contributed by atoms with E-state index in [2.05, 4.69) is 47.2 Å². The monoisotopic (exact) mass is 344 g/mol. The first-order valence-corrected chi connectivity index (χ1v) is 5.90. The van der Waals surface area contributed by atoms with Crippen LogP contribution in [0, 0.1) is 0 Å². The maximum atomic E-state index is 12.1. The Bertz CT molecular complexity index is 533. The third-order valence-corrected chi connectivity index (χ3v) is 3.15. The van der Waals surface area contributed by atoms with Gasteiger partial charge in [-0.15, -0.1) is 5.10 Å². The molecule has 0 aromatic carbocycles. The quantitative estimate of drug-likeness (QED) is 0.781. The van der Waals surface area contributed by atoms with E-state index in [4.69, 9.17) is 0 Å². The average Bonchev–Trinajstić information content (AvgIpc) is 2.58. The summed E-state index contributed by atoms with van der Waals surface area (Å²) in [4.78, 5) is 16.2. The first-order valence-electron chi connectivity index (χ1n) is 4.31. The minimum Gasteiger partial charge on any atom is -0.285 e. The third-order valence-electron chi connectivity index (χ3n) is 1.97. The van der Waals surface area contributed by atoms with E-state index in [-0.39, 0.29) is 5.78 Å². The normalized spacial score (nSPS) is 10.4. The molecule has 2 aromatic heterocycles. The number of aryl methyl sites for hydroxylation is 1. The van der Waals surface area contributed by atoms with Crippen LogP contribution in [0.3, 0.4) is 0 Å². The van der Waals surface area contributed by atoms with Crippen molar-refractivity contribution in [1.29, 1.82) is 0 Å². The molecule has 5 nitrogen and oxygen atoms in total. The van der Waals surface area contributed by atoms with Crippen molar-refractivity contribution in [3.63, 3.8) is 0 Å². The molecule has 2 heterocycles. The first kappa shape index (κ1) is 11.4. The molecule has 0 aliphatic carbocycles. The van der Waals surface area contributed by atoms with Crippen LogP contribution in [0.15, 0.2) is 27.4 Å². The van der Waals surface area contributed by atoms with Crippen LogP contribution >= 0.6 is 31.9 Å². The summed E-state index contributed by atoms with van der Waals surface area (Å²) in [5.41, 5.74) is 0.716. The summed E-state index contributed by atoms with van der Waals surface area (Å²) < 4.78 is 2.47. The van der Waals surface area contributed by atoms with Crippen molar-refractivity contribution >= 4 is 37.6 Å². The van der Waals surface area contributed by atoms with Crippen LogP contribution in [-0.4, -0.2) is 25.8 Å². The maximum absolute atomic E-state index is 12.1. The summed E-state index contributed by atoms with van der Waals surface area (Å²) >= 11 is 6.46. The summed E-state index contributed by atoms with van der Waals surface area (Å²) in [5, 5.41) is 7.51. The van der Waals surface area contributed by atoms with Crippen molar-refractivity contribution in [3.05, 3.63) is 38.8 Å². The molecule has 82 valence electrons. The van der Waals surface area contributed by atoms with Crippen LogP contribution in [0.25, 0.3) is 0 Å². The van der Waals surface area contributed by atoms with Gasteiger partial charge in [-0.1, -0.05) is 5.21 Å². The number of nitrogens with zero attached hydrogens (tertiary/aromatic N) is 4. The largest absolute Gasteiger partial charge is 0.285 e. The molecule has 0 saturated heterocycles. The molecule has 0 aliphatic heterocycles. The van der Waals surface area contributed by atoms with Crippen LogP contribution in [0.4, 0.5) is 0 Å². The summed E-state index contributed by atoms with van der Waals surface area (Å²) in [6, 6.07) is 3.51. The van der Waals surface area contributed by atoms with Gasteiger partial charge >= 0.3 is 0 Å². The number of halogens is 2. The van der Waals surface area contributed by atoms with Crippen molar-refractivity contribution in [2.24, 2.45) is 7.05 Å². The molecule has 0 radical (unpaired) electrons. The van der Waals surface area contributed by atoms with Crippen molar-refractivity contribution in [1.82, 2.24) is 20.0 Å². The minimum absolute atomic E-state index is 0.230. The Morgan fingerprint density at radius 3 is 2.75 bits per heavy atom. The van der Waals surface area contributed by atoms with Gasteiger partial charge in [-0.2, -0.15) is 0 Å². The van der Waals surface area contributed by atoms with Gasteiger partial charge in [0.05, 0.1) is 0 Å². The molecule has 7 heteroatoms. The zero-order valence-corrected chi connectivity index (χ0v) is 11.4. The van der Waals surface area contributed by atoms with Gasteiger partial charge in [0.15, 0.2) is 4.60 Å². The molecule has 0 unspecified atom stereocenters. The third kappa shape index (κ3) is 1.92. The second-order valence-electron chi connectivity index (χ2n) is 3.02. The standard InChI is InChI=1S/C9H6Br2N4O/c1-15-7(9(11)13-14-15)8(16)6-5(10)3-2-4-12-6/h2-4H,1H3. The van der Waals surface area contributed by atoms with Gasteiger partial charge in [-0.05, 0) is 44.0 Å². The van der Waals surface area contributed by atoms with Crippen LogP contribution in [0.2, 0.25) is 0 Å². The second kappa shape index (κ2) is 4.42. The van der Waals surface area contributed by atoms with E-state index in [0.717, 1.165) is 0 Å². The number of carbonyl (C=O) groups is 1. The zero-order chi connectivity index (χ0) is 11.7. The summed E-state index contributed by atoms with van der Waals surface area (Å²) in [6.45, 7) is 0. The molecule has 16 heavy (non-hydrogen) atoms. The first-order chi connectivity index (χ1) is 7.61. The van der Waals surface area contributed by atoms with E-state index in [0.29, 0.717) is 20.5 Å². The van der Waals surface area contributed by atoms with Crippen LogP contribution in [-0.2, 0) is 7.05 Å². The lowest BCUT2D eigenvalue weighted by Gasteiger charge is -2.02. The highest BCUT2D eigenvalue weighted by Gasteiger charge is 2.21. The Morgan fingerprint density at radius 1 is 1.44 bits per heavy atom. The van der Waals surface area contributed by atoms with Gasteiger partial charge in [0.25, 0.3) is 0 Å². The molecule has 2 aromatic rings. The molecule has 0 aliphatic rings. The Morgan fingerprint density at radius 2 is 2.19 bits per heavy atom. The highest BCUT2D eigenvalue weighted by molar-refractivity contribution is 9.10. The smallest absolute Gasteiger partial charge is 0.233 e. The van der Waals surface area contributed by atoms with Gasteiger partial charge in [-0.3, -0.25) is 9.78 Å². The molecule has 0 atom stereocenters. The van der Waals surface area contributed by atoms with Gasteiger partial charge in [0, 0.05) is 17.7 Å². The predicted molar refractivity (Wildman–Crippen MR) is 64.1 cm³/mol. The van der Waals surface area contributed by atoms with E-state index in [1.165, 1.54) is 4.68 Å². The van der Waals surface area contributed by atoms with Crippen molar-refractivity contribution in [2.75, 3.05) is 0 Å². The SMILES string of the molecule is Cn1nnc(Br)c1C(=O)c1ncccc1Br. The van der Waals surface area contributed by atoms with Crippen LogP contribution < -0.4 is 0 Å². The number of hydrogen-bond acceptors (Lipinski definition) is 4. The predicted octanol–water partition coefficient (Wildman–Crippen LogP) is 1.97. The number of carbonyl (C=O) groups excluding carboxylic acids is 1. The molecule has 0 fully saturated rings. The number of hydrogen-bond donors (Lipinski definition) is 0. The van der Waals surface area contributed by atoms with Crippen molar-refractivity contribution in [3.8, 4) is 0 Å². The lowest BCUT2D eigenvalue weighted by atomic mass is 10.2. The van der Waals surface area contributed by atoms with Crippen molar-refractivity contribution in [2.45, 2.75) is 0 Å². The number of ketones is 1. The van der Waals surface area contributed by atoms with E-state index in [1.54, 1.807) is 25.4 Å². The molecule has 0 N–H and O–H groups in total.